The molecule has 6 aliphatic rings. The lowest BCUT2D eigenvalue weighted by Crippen LogP contribution is -2.63. The van der Waals surface area contributed by atoms with Crippen molar-refractivity contribution in [3.8, 4) is 11.1 Å². The van der Waals surface area contributed by atoms with Crippen LogP contribution in [0.1, 0.15) is 84.7 Å². The van der Waals surface area contributed by atoms with Gasteiger partial charge in [0.05, 0.1) is 34.9 Å². The number of benzene rings is 3. The predicted octanol–water partition coefficient (Wildman–Crippen LogP) is 6.51. The Labute approximate surface area is 394 Å². The fourth-order valence-electron chi connectivity index (χ4n) is 11.1. The van der Waals surface area contributed by atoms with E-state index < -0.39 is 35.3 Å². The lowest BCUT2D eigenvalue weighted by molar-refractivity contribution is -0.137. The number of thiazole rings is 1. The van der Waals surface area contributed by atoms with Gasteiger partial charge in [0.15, 0.2) is 11.2 Å². The molecule has 7 heterocycles. The van der Waals surface area contributed by atoms with Crippen LogP contribution in [-0.4, -0.2) is 91.8 Å². The van der Waals surface area contributed by atoms with Crippen molar-refractivity contribution in [1.29, 1.82) is 0 Å². The van der Waals surface area contributed by atoms with Gasteiger partial charge < -0.3 is 29.7 Å². The smallest absolute Gasteiger partial charge is 0.255 e. The Bertz CT molecular complexity index is 2810. The van der Waals surface area contributed by atoms with Gasteiger partial charge in [-0.2, -0.15) is 0 Å². The maximum absolute atomic E-state index is 16.0. The highest BCUT2D eigenvalue weighted by Gasteiger charge is 2.55. The first-order valence-electron chi connectivity index (χ1n) is 22.9. The van der Waals surface area contributed by atoms with E-state index in [2.05, 4.69) is 35.7 Å². The summed E-state index contributed by atoms with van der Waals surface area (Å²) in [5.74, 6) is -1.95. The van der Waals surface area contributed by atoms with Crippen LogP contribution >= 0.6 is 22.9 Å². The number of hydrogen-bond donors (Lipinski definition) is 4. The number of aliphatic hydroxyl groups is 1. The first-order chi connectivity index (χ1) is 32.3. The molecule has 5 aromatic rings. The second-order valence-corrected chi connectivity index (χ2v) is 20.5. The molecule has 0 radical (unpaired) electrons. The monoisotopic (exact) mass is 945 g/mol. The number of anilines is 4. The predicted molar refractivity (Wildman–Crippen MR) is 250 cm³/mol. The zero-order chi connectivity index (χ0) is 46.2. The third-order valence-corrected chi connectivity index (χ3v) is 15.8. The van der Waals surface area contributed by atoms with Gasteiger partial charge in [0.1, 0.15) is 17.6 Å². The number of halogens is 2. The van der Waals surface area contributed by atoms with Crippen molar-refractivity contribution < 1.29 is 33.5 Å². The highest BCUT2D eigenvalue weighted by Crippen LogP contribution is 2.54. The molecule has 4 fully saturated rings. The quantitative estimate of drug-likeness (QED) is 0.100. The van der Waals surface area contributed by atoms with E-state index >= 15 is 4.39 Å². The van der Waals surface area contributed by atoms with E-state index in [0.29, 0.717) is 59.5 Å². The Kier molecular flexibility index (Phi) is 10.9. The summed E-state index contributed by atoms with van der Waals surface area (Å²) in [6.07, 6.45) is 8.26. The Morgan fingerprint density at radius 1 is 0.970 bits per heavy atom. The molecular weight excluding hydrogens is 897 g/mol. The molecule has 346 valence electrons. The van der Waals surface area contributed by atoms with Crippen LogP contribution in [0.15, 0.2) is 72.5 Å². The molecule has 1 spiro atoms. The number of nitrogens with zero attached hydrogens (tertiary/aromatic N) is 6. The summed E-state index contributed by atoms with van der Waals surface area (Å²) < 4.78 is 18.0. The largest absolute Gasteiger partial charge is 0.389 e. The summed E-state index contributed by atoms with van der Waals surface area (Å²) in [5.41, 5.74) is 4.75. The number of aromatic nitrogens is 3. The molecule has 0 bridgehead atoms. The maximum atomic E-state index is 16.0. The van der Waals surface area contributed by atoms with Gasteiger partial charge >= 0.3 is 0 Å². The van der Waals surface area contributed by atoms with Crippen LogP contribution < -0.4 is 25.8 Å². The van der Waals surface area contributed by atoms with Crippen LogP contribution in [0.4, 0.5) is 26.6 Å². The average Bonchev–Trinajstić information content (AvgIpc) is 4.10. The number of carbonyl (C=O) groups is 5. The Hall–Kier alpha value is -6.17. The van der Waals surface area contributed by atoms with Crippen LogP contribution in [0.25, 0.3) is 11.1 Å². The van der Waals surface area contributed by atoms with Crippen molar-refractivity contribution in [2.75, 3.05) is 46.6 Å². The van der Waals surface area contributed by atoms with Crippen molar-refractivity contribution in [3.63, 3.8) is 0 Å². The van der Waals surface area contributed by atoms with Gasteiger partial charge in [-0.3, -0.25) is 34.6 Å². The normalized spacial score (nSPS) is 21.1. The first kappa shape index (κ1) is 43.4. The summed E-state index contributed by atoms with van der Waals surface area (Å²) >= 11 is 7.96. The van der Waals surface area contributed by atoms with E-state index in [-0.39, 0.29) is 59.4 Å². The number of imidazole rings is 1. The number of amides is 4. The molecule has 15 nitrogen and oxygen atoms in total. The van der Waals surface area contributed by atoms with Gasteiger partial charge in [-0.15, -0.1) is 11.3 Å². The number of nitrogens with one attached hydrogen (secondary N) is 3. The Morgan fingerprint density at radius 3 is 2.49 bits per heavy atom. The molecule has 11 rings (SSSR count). The van der Waals surface area contributed by atoms with Crippen LogP contribution in [-0.2, 0) is 38.7 Å². The van der Waals surface area contributed by atoms with Gasteiger partial charge in [-0.05, 0) is 98.5 Å². The van der Waals surface area contributed by atoms with Crippen LogP contribution in [0.3, 0.4) is 0 Å². The minimum Gasteiger partial charge on any atom is -0.389 e. The Morgan fingerprint density at radius 2 is 1.76 bits per heavy atom. The number of imide groups is 1. The van der Waals surface area contributed by atoms with E-state index in [1.807, 2.05) is 41.0 Å². The van der Waals surface area contributed by atoms with Gasteiger partial charge in [0.25, 0.3) is 11.8 Å². The highest BCUT2D eigenvalue weighted by atomic mass is 35.5. The molecule has 18 heteroatoms. The fourth-order valence-corrected chi connectivity index (χ4v) is 12.0. The molecule has 4 N–H and O–H groups in total. The molecule has 2 unspecified atom stereocenters. The number of Topliss-reactive ketones (excluding diaryl/α,β-unsaturated/α-hetero) is 1. The molecule has 2 atom stereocenters. The lowest BCUT2D eigenvalue weighted by Gasteiger charge is -2.59. The van der Waals surface area contributed by atoms with Crippen molar-refractivity contribution in [2.45, 2.75) is 88.6 Å². The number of aryl methyl sites for hydroxylation is 1. The summed E-state index contributed by atoms with van der Waals surface area (Å²) in [6.45, 7) is 3.48. The van der Waals surface area contributed by atoms with Crippen molar-refractivity contribution in [2.24, 2.45) is 11.3 Å². The topological polar surface area (TPSA) is 182 Å². The number of fused-ring (bicyclic) bond motifs is 2. The fraction of sp³-hybridized carbons (Fsp3) is 0.408. The van der Waals surface area contributed by atoms with E-state index in [0.717, 1.165) is 67.9 Å². The second-order valence-electron chi connectivity index (χ2n) is 19.2. The van der Waals surface area contributed by atoms with Crippen molar-refractivity contribution in [3.05, 3.63) is 106 Å². The number of carbonyl (C=O) groups excluding carboxylic acids is 5. The molecule has 4 amide bonds. The Balaban J connectivity index is 0.675. The van der Waals surface area contributed by atoms with Crippen LogP contribution in [0.5, 0.6) is 0 Å². The summed E-state index contributed by atoms with van der Waals surface area (Å²) in [4.78, 5) is 79.8. The first-order valence-corrected chi connectivity index (χ1v) is 24.2. The van der Waals surface area contributed by atoms with E-state index in [9.17, 15) is 29.1 Å². The molecule has 1 saturated carbocycles. The highest BCUT2D eigenvalue weighted by molar-refractivity contribution is 7.13. The van der Waals surface area contributed by atoms with Crippen LogP contribution in [0, 0.1) is 17.2 Å². The molecule has 67 heavy (non-hydrogen) atoms. The number of ketones is 1. The second kappa shape index (κ2) is 16.9. The zero-order valence-electron chi connectivity index (χ0n) is 36.6. The molecule has 3 aromatic carbocycles. The van der Waals surface area contributed by atoms with Gasteiger partial charge in [0, 0.05) is 96.7 Å². The van der Waals surface area contributed by atoms with Gasteiger partial charge in [0.2, 0.25) is 11.8 Å². The van der Waals surface area contributed by atoms with Crippen molar-refractivity contribution >= 4 is 74.5 Å². The number of rotatable bonds is 12. The lowest BCUT2D eigenvalue weighted by atomic mass is 9.56. The molecule has 1 aliphatic carbocycles. The molecule has 2 aromatic heterocycles. The third-order valence-electron chi connectivity index (χ3n) is 14.8. The average molecular weight is 947 g/mol. The zero-order valence-corrected chi connectivity index (χ0v) is 38.2. The molecular formula is C49H49ClFN9O6S. The van der Waals surface area contributed by atoms with E-state index in [1.165, 1.54) is 22.3 Å². The number of hydrogen-bond acceptors (Lipinski definition) is 12. The summed E-state index contributed by atoms with van der Waals surface area (Å²) in [6, 6.07) is 15.0. The third kappa shape index (κ3) is 8.14. The maximum Gasteiger partial charge on any atom is 0.255 e. The summed E-state index contributed by atoms with van der Waals surface area (Å²) in [5, 5.41) is 22.5. The van der Waals surface area contributed by atoms with Crippen LogP contribution in [0.2, 0.25) is 5.02 Å². The number of piperidine rings is 2. The SMILES string of the molecule is O=C1CCC(Nc2ccc(N3CCC(O)(CC(=O)C4CC5(C4)CN(c4ccc(-c6cc(F)c7c(c6)C(=O)N(C(C(=O)Nc6nccs6)c6ncn8c6CCC8)C7)cc4)C5)CC3)c(Cl)c2)C(=O)N1. The van der Waals surface area contributed by atoms with Gasteiger partial charge in [-0.1, -0.05) is 23.7 Å². The minimum atomic E-state index is -1.07. The molecule has 5 aliphatic heterocycles. The molecule has 3 saturated heterocycles. The van der Waals surface area contributed by atoms with Gasteiger partial charge in [-0.25, -0.2) is 14.4 Å². The summed E-state index contributed by atoms with van der Waals surface area (Å²) in [7, 11) is 0. The van der Waals surface area contributed by atoms with E-state index in [4.69, 9.17) is 11.6 Å². The minimum absolute atomic E-state index is 0.0625. The standard InChI is InChI=1S/C49H49ClFN9O6S/c50-35-20-31(54-37-8-10-41(62)55-44(37)63)5-9-38(35)57-15-11-49(66,12-16-57)23-40(61)30-21-48(22-30)25-59(26-48)32-6-3-28(4-7-32)29-18-33-34(36(51)19-29)24-60(46(33)65)43(45(64)56-47-52-13-17-67-47)42-39-2-1-14-58(39)27-53-42/h3-7,9,13,17-20,27,30,37,43,54,66H,1-2,8,10-12,14-16,21-26H2,(H,52,56,64)(H,55,62,63). The van der Waals surface area contributed by atoms with Crippen molar-refractivity contribution in [1.82, 2.24) is 24.8 Å². The van der Waals surface area contributed by atoms with E-state index in [1.54, 1.807) is 30.0 Å².